The molecule has 3 rings (SSSR count). The maximum atomic E-state index is 12.2. The SMILES string of the molecule is CC(=CC1CCC(=N)N1C)C1=C(C(=O)O)N2C(=O)C(C(C)O)C2C1. The molecule has 3 aliphatic heterocycles. The summed E-state index contributed by atoms with van der Waals surface area (Å²) in [5, 5.41) is 27.2. The van der Waals surface area contributed by atoms with Crippen molar-refractivity contribution >= 4 is 17.7 Å². The van der Waals surface area contributed by atoms with Gasteiger partial charge in [0.2, 0.25) is 5.91 Å². The number of allylic oxidation sites excluding steroid dienone is 1. The fourth-order valence-corrected chi connectivity index (χ4v) is 4.06. The van der Waals surface area contributed by atoms with E-state index in [9.17, 15) is 19.8 Å². The van der Waals surface area contributed by atoms with Crippen LogP contribution in [0.3, 0.4) is 0 Å². The molecule has 0 spiro atoms. The van der Waals surface area contributed by atoms with Crippen molar-refractivity contribution in [2.75, 3.05) is 7.05 Å². The molecule has 3 aliphatic rings. The Morgan fingerprint density at radius 2 is 2.12 bits per heavy atom. The molecule has 3 N–H and O–H groups in total. The summed E-state index contributed by atoms with van der Waals surface area (Å²) in [6.45, 7) is 3.43. The van der Waals surface area contributed by atoms with Gasteiger partial charge in [-0.2, -0.15) is 0 Å². The van der Waals surface area contributed by atoms with E-state index in [1.165, 1.54) is 4.90 Å². The molecule has 24 heavy (non-hydrogen) atoms. The average Bonchev–Trinajstić information content (AvgIpc) is 2.99. The number of aliphatic hydroxyl groups is 1. The van der Waals surface area contributed by atoms with Gasteiger partial charge in [-0.25, -0.2) is 4.79 Å². The van der Waals surface area contributed by atoms with Gasteiger partial charge in [-0.15, -0.1) is 0 Å². The fourth-order valence-electron chi connectivity index (χ4n) is 4.06. The second kappa shape index (κ2) is 5.73. The molecule has 1 amide bonds. The van der Waals surface area contributed by atoms with Gasteiger partial charge in [0.25, 0.3) is 0 Å². The number of nitrogens with one attached hydrogen (secondary N) is 1. The number of fused-ring (bicyclic) bond motifs is 1. The molecular weight excluding hydrogens is 310 g/mol. The minimum absolute atomic E-state index is 0.0476. The number of amides is 1. The number of β-lactam (4-membered cyclic amide) rings is 1. The Hall–Kier alpha value is -2.15. The van der Waals surface area contributed by atoms with Gasteiger partial charge in [-0.1, -0.05) is 6.08 Å². The molecule has 130 valence electrons. The third-order valence-electron chi connectivity index (χ3n) is 5.45. The Balaban J connectivity index is 1.91. The molecule has 2 fully saturated rings. The number of amidine groups is 1. The number of likely N-dealkylation sites (tertiary alicyclic amines) is 1. The molecule has 0 aromatic carbocycles. The van der Waals surface area contributed by atoms with Crippen LogP contribution < -0.4 is 0 Å². The second-order valence-electron chi connectivity index (χ2n) is 6.89. The molecule has 4 atom stereocenters. The predicted octanol–water partition coefficient (Wildman–Crippen LogP) is 0.954. The number of aliphatic hydroxyl groups excluding tert-OH is 1. The van der Waals surface area contributed by atoms with Crippen LogP contribution >= 0.6 is 0 Å². The summed E-state index contributed by atoms with van der Waals surface area (Å²) >= 11 is 0. The van der Waals surface area contributed by atoms with Crippen molar-refractivity contribution in [2.45, 2.75) is 51.3 Å². The van der Waals surface area contributed by atoms with Crippen molar-refractivity contribution < 1.29 is 19.8 Å². The highest BCUT2D eigenvalue weighted by Gasteiger charge is 2.56. The molecule has 0 aromatic heterocycles. The van der Waals surface area contributed by atoms with Crippen molar-refractivity contribution in [3.63, 3.8) is 0 Å². The molecule has 2 saturated heterocycles. The van der Waals surface area contributed by atoms with Crippen LogP contribution in [0.25, 0.3) is 0 Å². The van der Waals surface area contributed by atoms with Crippen LogP contribution in [0.15, 0.2) is 22.9 Å². The fraction of sp³-hybridized carbons (Fsp3) is 0.588. The van der Waals surface area contributed by atoms with E-state index in [0.717, 1.165) is 12.0 Å². The number of likely N-dealkylation sites (N-methyl/N-ethyl adjacent to an activating group) is 1. The Labute approximate surface area is 140 Å². The number of hydrogen-bond donors (Lipinski definition) is 3. The highest BCUT2D eigenvalue weighted by molar-refractivity contribution is 6.00. The summed E-state index contributed by atoms with van der Waals surface area (Å²) in [6.07, 6.45) is 3.23. The van der Waals surface area contributed by atoms with Crippen LogP contribution in [-0.2, 0) is 9.59 Å². The summed E-state index contributed by atoms with van der Waals surface area (Å²) in [5.74, 6) is -1.36. The molecule has 7 nitrogen and oxygen atoms in total. The van der Waals surface area contributed by atoms with Gasteiger partial charge in [0.1, 0.15) is 5.70 Å². The molecule has 0 bridgehead atoms. The maximum absolute atomic E-state index is 12.2. The van der Waals surface area contributed by atoms with E-state index in [1.807, 2.05) is 24.9 Å². The zero-order valence-corrected chi connectivity index (χ0v) is 14.1. The number of carboxylic acid groups (broad SMARTS) is 1. The lowest BCUT2D eigenvalue weighted by atomic mass is 9.82. The smallest absolute Gasteiger partial charge is 0.352 e. The molecule has 4 unspecified atom stereocenters. The van der Waals surface area contributed by atoms with E-state index >= 15 is 0 Å². The molecular formula is C17H23N3O4. The summed E-state index contributed by atoms with van der Waals surface area (Å²) in [5.41, 5.74) is 1.55. The first-order valence-electron chi connectivity index (χ1n) is 8.20. The van der Waals surface area contributed by atoms with Crippen LogP contribution in [0, 0.1) is 11.3 Å². The van der Waals surface area contributed by atoms with Gasteiger partial charge in [-0.05, 0) is 37.8 Å². The number of carbonyl (C=O) groups is 2. The predicted molar refractivity (Wildman–Crippen MR) is 87.4 cm³/mol. The summed E-state index contributed by atoms with van der Waals surface area (Å²) in [4.78, 5) is 27.1. The van der Waals surface area contributed by atoms with Crippen molar-refractivity contribution in [1.29, 1.82) is 5.41 Å². The number of hydrogen-bond acceptors (Lipinski definition) is 4. The van der Waals surface area contributed by atoms with Gasteiger partial charge in [0, 0.05) is 19.5 Å². The third-order valence-corrected chi connectivity index (χ3v) is 5.45. The molecule has 3 heterocycles. The topological polar surface area (TPSA) is 105 Å². The first-order chi connectivity index (χ1) is 11.2. The molecule has 7 heteroatoms. The minimum atomic E-state index is -1.11. The van der Waals surface area contributed by atoms with Crippen LogP contribution in [-0.4, -0.2) is 63.0 Å². The van der Waals surface area contributed by atoms with Crippen LogP contribution in [0.2, 0.25) is 0 Å². The van der Waals surface area contributed by atoms with E-state index in [0.29, 0.717) is 24.3 Å². The number of aliphatic carboxylic acids is 1. The van der Waals surface area contributed by atoms with Gasteiger partial charge in [0.05, 0.1) is 23.9 Å². The summed E-state index contributed by atoms with van der Waals surface area (Å²) < 4.78 is 0. The summed E-state index contributed by atoms with van der Waals surface area (Å²) in [7, 11) is 1.87. The number of carbonyl (C=O) groups excluding carboxylic acids is 1. The highest BCUT2D eigenvalue weighted by Crippen LogP contribution is 2.45. The van der Waals surface area contributed by atoms with Crippen molar-refractivity contribution in [3.8, 4) is 0 Å². The first kappa shape index (κ1) is 16.7. The summed E-state index contributed by atoms with van der Waals surface area (Å²) in [6, 6.07) is -0.182. The lowest BCUT2D eigenvalue weighted by Crippen LogP contribution is -2.61. The lowest BCUT2D eigenvalue weighted by Gasteiger charge is -2.44. The molecule has 0 saturated carbocycles. The van der Waals surface area contributed by atoms with E-state index in [4.69, 9.17) is 5.41 Å². The zero-order valence-electron chi connectivity index (χ0n) is 14.1. The van der Waals surface area contributed by atoms with Crippen LogP contribution in [0.5, 0.6) is 0 Å². The number of rotatable bonds is 4. The Kier molecular flexibility index (Phi) is 3.99. The van der Waals surface area contributed by atoms with E-state index in [1.54, 1.807) is 6.92 Å². The lowest BCUT2D eigenvalue weighted by molar-refractivity contribution is -0.161. The number of carboxylic acids is 1. The maximum Gasteiger partial charge on any atom is 0.352 e. The van der Waals surface area contributed by atoms with E-state index < -0.39 is 18.0 Å². The largest absolute Gasteiger partial charge is 0.477 e. The quantitative estimate of drug-likeness (QED) is 0.665. The van der Waals surface area contributed by atoms with Gasteiger partial charge in [0.15, 0.2) is 0 Å². The number of nitrogens with zero attached hydrogens (tertiary/aromatic N) is 2. The normalized spacial score (nSPS) is 31.5. The zero-order chi connectivity index (χ0) is 17.8. The first-order valence-corrected chi connectivity index (χ1v) is 8.20. The Bertz CT molecular complexity index is 679. The van der Waals surface area contributed by atoms with Crippen LogP contribution in [0.1, 0.15) is 33.1 Å². The molecule has 0 aliphatic carbocycles. The second-order valence-corrected chi connectivity index (χ2v) is 6.89. The van der Waals surface area contributed by atoms with Crippen molar-refractivity contribution in [3.05, 3.63) is 22.9 Å². The Morgan fingerprint density at radius 1 is 1.46 bits per heavy atom. The minimum Gasteiger partial charge on any atom is -0.477 e. The van der Waals surface area contributed by atoms with E-state index in [2.05, 4.69) is 0 Å². The standard InChI is InChI=1S/C17H23N3O4/c1-8(6-10-4-5-13(18)19(10)3)11-7-12-14(9(2)21)16(22)20(12)15(11)17(23)24/h6,9-10,12,14,18,21H,4-5,7H2,1-3H3,(H,23,24). The average molecular weight is 333 g/mol. The van der Waals surface area contributed by atoms with Crippen LogP contribution in [0.4, 0.5) is 0 Å². The van der Waals surface area contributed by atoms with Gasteiger partial charge < -0.3 is 20.0 Å². The third kappa shape index (κ3) is 2.34. The van der Waals surface area contributed by atoms with E-state index in [-0.39, 0.29) is 23.7 Å². The van der Waals surface area contributed by atoms with Crippen molar-refractivity contribution in [1.82, 2.24) is 9.80 Å². The van der Waals surface area contributed by atoms with Crippen molar-refractivity contribution in [2.24, 2.45) is 5.92 Å². The van der Waals surface area contributed by atoms with Gasteiger partial charge in [-0.3, -0.25) is 10.2 Å². The Morgan fingerprint density at radius 3 is 2.62 bits per heavy atom. The van der Waals surface area contributed by atoms with Gasteiger partial charge >= 0.3 is 5.97 Å². The highest BCUT2D eigenvalue weighted by atomic mass is 16.4. The monoisotopic (exact) mass is 333 g/mol. The molecule has 0 radical (unpaired) electrons. The molecule has 0 aromatic rings.